The molecule has 0 unspecified atom stereocenters. The first kappa shape index (κ1) is 17.6. The normalized spacial score (nSPS) is 11.1. The summed E-state index contributed by atoms with van der Waals surface area (Å²) < 4.78 is 10.6. The second kappa shape index (κ2) is 7.21. The zero-order valence-electron chi connectivity index (χ0n) is 14.0. The number of aromatic carboxylic acids is 1. The van der Waals surface area contributed by atoms with E-state index in [9.17, 15) is 9.59 Å². The van der Waals surface area contributed by atoms with Crippen molar-refractivity contribution in [1.29, 1.82) is 0 Å². The molecule has 0 aliphatic heterocycles. The summed E-state index contributed by atoms with van der Waals surface area (Å²) >= 11 is 0. The summed E-state index contributed by atoms with van der Waals surface area (Å²) in [7, 11) is 0. The molecule has 0 aliphatic carbocycles. The molecule has 0 spiro atoms. The average Bonchev–Trinajstić information content (AvgIpc) is 3.01. The molecule has 128 valence electrons. The molecule has 0 radical (unpaired) electrons. The van der Waals surface area contributed by atoms with E-state index in [0.29, 0.717) is 6.61 Å². The second-order valence-corrected chi connectivity index (χ2v) is 6.35. The molecule has 0 atom stereocenters. The first-order valence-electron chi connectivity index (χ1n) is 7.62. The molecule has 2 aromatic rings. The van der Waals surface area contributed by atoms with Crippen molar-refractivity contribution < 1.29 is 23.8 Å². The third kappa shape index (κ3) is 4.62. The number of amides is 1. The van der Waals surface area contributed by atoms with Crippen LogP contribution < -0.4 is 10.1 Å². The van der Waals surface area contributed by atoms with Gasteiger partial charge in [0.05, 0.1) is 6.54 Å². The van der Waals surface area contributed by atoms with Crippen molar-refractivity contribution >= 4 is 11.9 Å². The molecular formula is C18H21NO5. The quantitative estimate of drug-likeness (QED) is 0.794. The van der Waals surface area contributed by atoms with Crippen LogP contribution >= 0.6 is 0 Å². The van der Waals surface area contributed by atoms with Crippen molar-refractivity contribution in [1.82, 2.24) is 5.32 Å². The Morgan fingerprint density at radius 1 is 1.17 bits per heavy atom. The van der Waals surface area contributed by atoms with E-state index in [2.05, 4.69) is 26.1 Å². The molecule has 0 fully saturated rings. The Morgan fingerprint density at radius 3 is 2.50 bits per heavy atom. The summed E-state index contributed by atoms with van der Waals surface area (Å²) in [6.45, 7) is 6.96. The van der Waals surface area contributed by atoms with Gasteiger partial charge in [0.15, 0.2) is 5.76 Å². The smallest absolute Gasteiger partial charge is 0.371 e. The number of nitrogens with one attached hydrogen (secondary N) is 1. The molecule has 0 aliphatic rings. The number of carboxylic acid groups (broad SMARTS) is 1. The lowest BCUT2D eigenvalue weighted by molar-refractivity contribution is 0.0659. The van der Waals surface area contributed by atoms with Crippen LogP contribution in [0.3, 0.4) is 0 Å². The summed E-state index contributed by atoms with van der Waals surface area (Å²) in [5, 5.41) is 11.4. The van der Waals surface area contributed by atoms with Crippen LogP contribution in [0.5, 0.6) is 5.75 Å². The average molecular weight is 331 g/mol. The van der Waals surface area contributed by atoms with Crippen molar-refractivity contribution in [3.63, 3.8) is 0 Å². The number of carboxylic acids is 1. The molecule has 0 saturated carbocycles. The summed E-state index contributed by atoms with van der Waals surface area (Å²) in [6.07, 6.45) is 0. The van der Waals surface area contributed by atoms with Crippen LogP contribution in [0.4, 0.5) is 0 Å². The lowest BCUT2D eigenvalue weighted by Crippen LogP contribution is -2.27. The Kier molecular flexibility index (Phi) is 5.28. The van der Waals surface area contributed by atoms with Gasteiger partial charge in [0, 0.05) is 0 Å². The zero-order chi connectivity index (χ0) is 17.7. The van der Waals surface area contributed by atoms with Gasteiger partial charge in [-0.1, -0.05) is 32.9 Å². The third-order valence-corrected chi connectivity index (χ3v) is 3.40. The minimum atomic E-state index is -1.21. The van der Waals surface area contributed by atoms with E-state index in [-0.39, 0.29) is 23.5 Å². The van der Waals surface area contributed by atoms with Crippen LogP contribution in [0, 0.1) is 0 Å². The molecule has 1 aromatic heterocycles. The van der Waals surface area contributed by atoms with Gasteiger partial charge in [0.25, 0.3) is 5.91 Å². The van der Waals surface area contributed by atoms with Gasteiger partial charge >= 0.3 is 5.97 Å². The van der Waals surface area contributed by atoms with Gasteiger partial charge in [0.2, 0.25) is 5.76 Å². The maximum atomic E-state index is 11.8. The molecule has 6 nitrogen and oxygen atoms in total. The zero-order valence-corrected chi connectivity index (χ0v) is 14.0. The number of carbonyl (C=O) groups excluding carboxylic acids is 1. The van der Waals surface area contributed by atoms with Crippen molar-refractivity contribution in [3.8, 4) is 5.75 Å². The molecule has 2 rings (SSSR count). The van der Waals surface area contributed by atoms with Gasteiger partial charge in [-0.25, -0.2) is 4.79 Å². The van der Waals surface area contributed by atoms with E-state index in [4.69, 9.17) is 14.3 Å². The molecule has 0 saturated heterocycles. The Bertz CT molecular complexity index is 727. The molecular weight excluding hydrogens is 310 g/mol. The van der Waals surface area contributed by atoms with Crippen LogP contribution in [-0.2, 0) is 5.41 Å². The lowest BCUT2D eigenvalue weighted by atomic mass is 9.87. The van der Waals surface area contributed by atoms with Crippen molar-refractivity contribution in [2.45, 2.75) is 26.2 Å². The molecule has 1 amide bonds. The number of rotatable bonds is 6. The summed E-state index contributed by atoms with van der Waals surface area (Å²) in [5.41, 5.74) is 1.20. The van der Waals surface area contributed by atoms with Gasteiger partial charge in [-0.15, -0.1) is 0 Å². The van der Waals surface area contributed by atoms with E-state index in [1.54, 1.807) is 0 Å². The number of furan rings is 1. The predicted molar refractivity (Wildman–Crippen MR) is 88.6 cm³/mol. The number of carbonyl (C=O) groups is 2. The summed E-state index contributed by atoms with van der Waals surface area (Å²) in [6, 6.07) is 10.4. The first-order valence-corrected chi connectivity index (χ1v) is 7.62. The van der Waals surface area contributed by atoms with E-state index in [1.807, 2.05) is 24.3 Å². The molecule has 6 heteroatoms. The Labute approximate surface area is 140 Å². The SMILES string of the molecule is CC(C)(C)c1cccc(OCCNC(=O)c2ccc(C(=O)O)o2)c1. The number of ether oxygens (including phenoxy) is 1. The summed E-state index contributed by atoms with van der Waals surface area (Å²) in [5.74, 6) is -1.26. The number of hydrogen-bond donors (Lipinski definition) is 2. The van der Waals surface area contributed by atoms with E-state index in [1.165, 1.54) is 17.7 Å². The maximum absolute atomic E-state index is 11.8. The van der Waals surface area contributed by atoms with Crippen molar-refractivity contribution in [2.75, 3.05) is 13.2 Å². The van der Waals surface area contributed by atoms with Crippen LogP contribution in [0.25, 0.3) is 0 Å². The fourth-order valence-corrected chi connectivity index (χ4v) is 2.05. The van der Waals surface area contributed by atoms with Gasteiger partial charge in [0.1, 0.15) is 12.4 Å². The highest BCUT2D eigenvalue weighted by Crippen LogP contribution is 2.25. The molecule has 1 heterocycles. The fourth-order valence-electron chi connectivity index (χ4n) is 2.05. The van der Waals surface area contributed by atoms with Gasteiger partial charge in [-0.2, -0.15) is 0 Å². The third-order valence-electron chi connectivity index (χ3n) is 3.40. The van der Waals surface area contributed by atoms with Crippen LogP contribution in [0.1, 0.15) is 47.4 Å². The second-order valence-electron chi connectivity index (χ2n) is 6.35. The summed E-state index contributed by atoms with van der Waals surface area (Å²) in [4.78, 5) is 22.5. The van der Waals surface area contributed by atoms with Crippen LogP contribution in [0.15, 0.2) is 40.8 Å². The monoisotopic (exact) mass is 331 g/mol. The number of hydrogen-bond acceptors (Lipinski definition) is 4. The van der Waals surface area contributed by atoms with E-state index < -0.39 is 11.9 Å². The van der Waals surface area contributed by atoms with Crippen LogP contribution in [-0.4, -0.2) is 30.1 Å². The maximum Gasteiger partial charge on any atom is 0.371 e. The van der Waals surface area contributed by atoms with Crippen molar-refractivity contribution in [2.24, 2.45) is 0 Å². The predicted octanol–water partition coefficient (Wildman–Crippen LogP) is 3.08. The highest BCUT2D eigenvalue weighted by Gasteiger charge is 2.15. The molecule has 24 heavy (non-hydrogen) atoms. The molecule has 1 aromatic carbocycles. The molecule has 2 N–H and O–H groups in total. The first-order chi connectivity index (χ1) is 11.3. The highest BCUT2D eigenvalue weighted by atomic mass is 16.5. The van der Waals surface area contributed by atoms with Crippen molar-refractivity contribution in [3.05, 3.63) is 53.5 Å². The highest BCUT2D eigenvalue weighted by molar-refractivity contribution is 5.93. The van der Waals surface area contributed by atoms with E-state index >= 15 is 0 Å². The topological polar surface area (TPSA) is 88.8 Å². The van der Waals surface area contributed by atoms with Crippen LogP contribution in [0.2, 0.25) is 0 Å². The van der Waals surface area contributed by atoms with E-state index in [0.717, 1.165) is 5.75 Å². The van der Waals surface area contributed by atoms with Gasteiger partial charge < -0.3 is 19.6 Å². The fraction of sp³-hybridized carbons (Fsp3) is 0.333. The minimum Gasteiger partial charge on any atom is -0.492 e. The van der Waals surface area contributed by atoms with Gasteiger partial charge in [-0.3, -0.25) is 4.79 Å². The number of benzene rings is 1. The Morgan fingerprint density at radius 2 is 1.88 bits per heavy atom. The minimum absolute atomic E-state index is 0.0364. The van der Waals surface area contributed by atoms with Gasteiger partial charge in [-0.05, 0) is 35.2 Å². The Balaban J connectivity index is 1.82. The Hall–Kier alpha value is -2.76. The standard InChI is InChI=1S/C18H21NO5/c1-18(2,3)12-5-4-6-13(11-12)23-10-9-19-16(20)14-7-8-15(24-14)17(21)22/h4-8,11H,9-10H2,1-3H3,(H,19,20)(H,21,22). The largest absolute Gasteiger partial charge is 0.492 e. The molecule has 0 bridgehead atoms. The lowest BCUT2D eigenvalue weighted by Gasteiger charge is -2.19.